The van der Waals surface area contributed by atoms with E-state index in [9.17, 15) is 5.11 Å². The molecule has 2 aromatic rings. The molecule has 2 rings (SSSR count). The van der Waals surface area contributed by atoms with Gasteiger partial charge in [-0.2, -0.15) is 11.3 Å². The summed E-state index contributed by atoms with van der Waals surface area (Å²) < 4.78 is 0. The summed E-state index contributed by atoms with van der Waals surface area (Å²) in [5, 5.41) is 13.5. The summed E-state index contributed by atoms with van der Waals surface area (Å²) in [4.78, 5) is 0. The number of benzene rings is 1. The van der Waals surface area contributed by atoms with Crippen molar-refractivity contribution >= 4 is 11.3 Å². The second-order valence-corrected chi connectivity index (χ2v) is 4.36. The zero-order valence-electron chi connectivity index (χ0n) is 8.47. The molecule has 78 valence electrons. The van der Waals surface area contributed by atoms with Gasteiger partial charge in [0.2, 0.25) is 0 Å². The SMILES string of the molecule is Cc1cc([C@@H](N)c2ccsc2)ccc1O. The molecular weight excluding hydrogens is 206 g/mol. The summed E-state index contributed by atoms with van der Waals surface area (Å²) in [6.07, 6.45) is 0. The van der Waals surface area contributed by atoms with E-state index < -0.39 is 0 Å². The summed E-state index contributed by atoms with van der Waals surface area (Å²) >= 11 is 1.64. The number of rotatable bonds is 2. The minimum atomic E-state index is -0.101. The number of nitrogens with two attached hydrogens (primary N) is 1. The molecule has 0 bridgehead atoms. The van der Waals surface area contributed by atoms with Crippen molar-refractivity contribution in [1.82, 2.24) is 0 Å². The van der Waals surface area contributed by atoms with Gasteiger partial charge in [-0.15, -0.1) is 0 Å². The van der Waals surface area contributed by atoms with Crippen LogP contribution in [-0.4, -0.2) is 5.11 Å². The smallest absolute Gasteiger partial charge is 0.118 e. The Bertz CT molecular complexity index is 451. The highest BCUT2D eigenvalue weighted by atomic mass is 32.1. The number of hydrogen-bond donors (Lipinski definition) is 2. The first-order chi connectivity index (χ1) is 7.18. The third-order valence-electron chi connectivity index (χ3n) is 2.48. The van der Waals surface area contributed by atoms with E-state index in [1.54, 1.807) is 17.4 Å². The molecule has 1 heterocycles. The largest absolute Gasteiger partial charge is 0.508 e. The second-order valence-electron chi connectivity index (χ2n) is 3.58. The van der Waals surface area contributed by atoms with Crippen molar-refractivity contribution in [3.05, 3.63) is 51.7 Å². The van der Waals surface area contributed by atoms with Gasteiger partial charge in [0.1, 0.15) is 5.75 Å². The van der Waals surface area contributed by atoms with E-state index >= 15 is 0 Å². The standard InChI is InChI=1S/C12H13NOS/c1-8-6-9(2-3-11(8)14)12(13)10-4-5-15-7-10/h2-7,12,14H,13H2,1H3/t12-/m1/s1. The van der Waals surface area contributed by atoms with Crippen LogP contribution >= 0.6 is 11.3 Å². The third-order valence-corrected chi connectivity index (χ3v) is 3.18. The number of phenols is 1. The Labute approximate surface area is 93.0 Å². The highest BCUT2D eigenvalue weighted by molar-refractivity contribution is 7.08. The fourth-order valence-corrected chi connectivity index (χ4v) is 2.21. The van der Waals surface area contributed by atoms with Crippen molar-refractivity contribution in [2.45, 2.75) is 13.0 Å². The Morgan fingerprint density at radius 2 is 2.07 bits per heavy atom. The molecule has 0 aliphatic heterocycles. The fourth-order valence-electron chi connectivity index (χ4n) is 1.52. The molecule has 0 aliphatic rings. The van der Waals surface area contributed by atoms with Gasteiger partial charge < -0.3 is 10.8 Å². The van der Waals surface area contributed by atoms with Gasteiger partial charge in [0.15, 0.2) is 0 Å². The topological polar surface area (TPSA) is 46.2 Å². The van der Waals surface area contributed by atoms with Crippen LogP contribution in [-0.2, 0) is 0 Å². The van der Waals surface area contributed by atoms with Crippen LogP contribution in [0.5, 0.6) is 5.75 Å². The maximum absolute atomic E-state index is 9.42. The van der Waals surface area contributed by atoms with Crippen molar-refractivity contribution < 1.29 is 5.11 Å². The van der Waals surface area contributed by atoms with Gasteiger partial charge in [-0.1, -0.05) is 12.1 Å². The molecule has 15 heavy (non-hydrogen) atoms. The molecule has 3 N–H and O–H groups in total. The van der Waals surface area contributed by atoms with Gasteiger partial charge in [-0.05, 0) is 46.5 Å². The predicted octanol–water partition coefficient (Wildman–Crippen LogP) is 2.81. The first-order valence-corrected chi connectivity index (χ1v) is 5.70. The first kappa shape index (κ1) is 10.2. The molecule has 0 unspecified atom stereocenters. The van der Waals surface area contributed by atoms with Gasteiger partial charge >= 0.3 is 0 Å². The molecule has 2 nitrogen and oxygen atoms in total. The highest BCUT2D eigenvalue weighted by Gasteiger charge is 2.10. The lowest BCUT2D eigenvalue weighted by Crippen LogP contribution is -2.10. The van der Waals surface area contributed by atoms with Gasteiger partial charge in [0, 0.05) is 0 Å². The number of hydrogen-bond acceptors (Lipinski definition) is 3. The molecule has 1 aromatic carbocycles. The van der Waals surface area contributed by atoms with Crippen LogP contribution in [0.3, 0.4) is 0 Å². The van der Waals surface area contributed by atoms with Crippen LogP contribution in [0.2, 0.25) is 0 Å². The lowest BCUT2D eigenvalue weighted by atomic mass is 10.0. The molecule has 0 saturated heterocycles. The number of phenolic OH excluding ortho intramolecular Hbond substituents is 1. The molecule has 0 fully saturated rings. The lowest BCUT2D eigenvalue weighted by molar-refractivity contribution is 0.470. The molecule has 1 aromatic heterocycles. The predicted molar refractivity (Wildman–Crippen MR) is 63.2 cm³/mol. The van der Waals surface area contributed by atoms with E-state index in [0.29, 0.717) is 5.75 Å². The Kier molecular flexibility index (Phi) is 2.75. The quantitative estimate of drug-likeness (QED) is 0.815. The molecule has 0 saturated carbocycles. The Morgan fingerprint density at radius 1 is 1.27 bits per heavy atom. The second kappa shape index (κ2) is 4.04. The maximum Gasteiger partial charge on any atom is 0.118 e. The molecule has 0 radical (unpaired) electrons. The van der Waals surface area contributed by atoms with E-state index in [1.165, 1.54) is 0 Å². The van der Waals surface area contributed by atoms with E-state index in [-0.39, 0.29) is 6.04 Å². The summed E-state index contributed by atoms with van der Waals surface area (Å²) in [6, 6.07) is 7.41. The van der Waals surface area contributed by atoms with Crippen molar-refractivity contribution in [3.8, 4) is 5.75 Å². The normalized spacial score (nSPS) is 12.7. The summed E-state index contributed by atoms with van der Waals surface area (Å²) in [7, 11) is 0. The molecule has 0 amide bonds. The van der Waals surface area contributed by atoms with Crippen molar-refractivity contribution in [3.63, 3.8) is 0 Å². The van der Waals surface area contributed by atoms with Crippen LogP contribution in [0.4, 0.5) is 0 Å². The van der Waals surface area contributed by atoms with Crippen molar-refractivity contribution in [2.75, 3.05) is 0 Å². The maximum atomic E-state index is 9.42. The average molecular weight is 219 g/mol. The Hall–Kier alpha value is -1.32. The summed E-state index contributed by atoms with van der Waals surface area (Å²) in [5.74, 6) is 0.316. The van der Waals surface area contributed by atoms with E-state index in [1.807, 2.05) is 35.9 Å². The number of aryl methyl sites for hydroxylation is 1. The highest BCUT2D eigenvalue weighted by Crippen LogP contribution is 2.25. The monoisotopic (exact) mass is 219 g/mol. The third kappa shape index (κ3) is 2.03. The van der Waals surface area contributed by atoms with Crippen LogP contribution in [0.1, 0.15) is 22.7 Å². The van der Waals surface area contributed by atoms with Crippen molar-refractivity contribution in [1.29, 1.82) is 0 Å². The first-order valence-electron chi connectivity index (χ1n) is 4.75. The van der Waals surface area contributed by atoms with Crippen molar-refractivity contribution in [2.24, 2.45) is 5.73 Å². The van der Waals surface area contributed by atoms with Crippen LogP contribution < -0.4 is 5.73 Å². The summed E-state index contributed by atoms with van der Waals surface area (Å²) in [5.41, 5.74) is 9.11. The molecule has 0 spiro atoms. The van der Waals surface area contributed by atoms with E-state index in [4.69, 9.17) is 5.73 Å². The van der Waals surface area contributed by atoms with Crippen LogP contribution in [0.15, 0.2) is 35.0 Å². The van der Waals surface area contributed by atoms with Gasteiger partial charge in [0.25, 0.3) is 0 Å². The Balaban J connectivity index is 2.34. The lowest BCUT2D eigenvalue weighted by Gasteiger charge is -2.11. The minimum absolute atomic E-state index is 0.101. The van der Waals surface area contributed by atoms with Crippen LogP contribution in [0.25, 0.3) is 0 Å². The number of thiophene rings is 1. The fraction of sp³-hybridized carbons (Fsp3) is 0.167. The summed E-state index contributed by atoms with van der Waals surface area (Å²) in [6.45, 7) is 1.87. The zero-order valence-corrected chi connectivity index (χ0v) is 9.29. The van der Waals surface area contributed by atoms with E-state index in [2.05, 4.69) is 0 Å². The van der Waals surface area contributed by atoms with E-state index in [0.717, 1.165) is 16.7 Å². The molecule has 3 heteroatoms. The number of aromatic hydroxyl groups is 1. The molecular formula is C12H13NOS. The van der Waals surface area contributed by atoms with Gasteiger partial charge in [-0.3, -0.25) is 0 Å². The molecule has 0 aliphatic carbocycles. The average Bonchev–Trinajstić information content (AvgIpc) is 2.74. The Morgan fingerprint density at radius 3 is 2.67 bits per heavy atom. The molecule has 1 atom stereocenters. The van der Waals surface area contributed by atoms with Gasteiger partial charge in [-0.25, -0.2) is 0 Å². The van der Waals surface area contributed by atoms with Gasteiger partial charge in [0.05, 0.1) is 6.04 Å². The van der Waals surface area contributed by atoms with Crippen LogP contribution in [0, 0.1) is 6.92 Å². The minimum Gasteiger partial charge on any atom is -0.508 e. The zero-order chi connectivity index (χ0) is 10.8.